The summed E-state index contributed by atoms with van der Waals surface area (Å²) in [6.07, 6.45) is -0.217. The third-order valence-electron chi connectivity index (χ3n) is 3.96. The van der Waals surface area contributed by atoms with Gasteiger partial charge in [0.05, 0.1) is 6.54 Å². The average molecular weight is 310 g/mol. The minimum absolute atomic E-state index is 0.217. The van der Waals surface area contributed by atoms with Crippen LogP contribution in [0.2, 0.25) is 0 Å². The van der Waals surface area contributed by atoms with Gasteiger partial charge in [0.2, 0.25) is 0 Å². The van der Waals surface area contributed by atoms with Crippen LogP contribution in [-0.4, -0.2) is 43.1 Å². The molecule has 2 aromatic rings. The first-order valence-electron chi connectivity index (χ1n) is 7.86. The van der Waals surface area contributed by atoms with E-state index in [4.69, 9.17) is 4.74 Å². The fourth-order valence-corrected chi connectivity index (χ4v) is 2.76. The maximum atomic E-state index is 11.5. The second-order valence-electron chi connectivity index (χ2n) is 6.17. The molecule has 1 saturated heterocycles. The van der Waals surface area contributed by atoms with E-state index in [0.29, 0.717) is 19.7 Å². The number of amides is 1. The van der Waals surface area contributed by atoms with E-state index < -0.39 is 0 Å². The van der Waals surface area contributed by atoms with Crippen LogP contribution in [0.3, 0.4) is 0 Å². The summed E-state index contributed by atoms with van der Waals surface area (Å²) in [5, 5.41) is 0. The number of cyclic esters (lactones) is 1. The highest BCUT2D eigenvalue weighted by molar-refractivity contribution is 5.69. The summed E-state index contributed by atoms with van der Waals surface area (Å²) in [6, 6.07) is 17.0. The Balaban J connectivity index is 1.68. The van der Waals surface area contributed by atoms with Gasteiger partial charge >= 0.3 is 6.09 Å². The van der Waals surface area contributed by atoms with Crippen LogP contribution >= 0.6 is 0 Å². The van der Waals surface area contributed by atoms with Gasteiger partial charge in [-0.05, 0) is 36.3 Å². The molecular formula is C19H22N2O2. The molecule has 0 atom stereocenters. The van der Waals surface area contributed by atoms with Crippen molar-refractivity contribution in [1.29, 1.82) is 0 Å². The van der Waals surface area contributed by atoms with Gasteiger partial charge < -0.3 is 14.5 Å². The summed E-state index contributed by atoms with van der Waals surface area (Å²) in [5.41, 5.74) is 4.83. The first-order valence-corrected chi connectivity index (χ1v) is 7.86. The van der Waals surface area contributed by atoms with E-state index in [1.165, 1.54) is 16.7 Å². The summed E-state index contributed by atoms with van der Waals surface area (Å²) >= 11 is 0. The Hall–Kier alpha value is -2.33. The maximum Gasteiger partial charge on any atom is 0.410 e. The molecule has 1 aliphatic rings. The lowest BCUT2D eigenvalue weighted by atomic mass is 10.0. The van der Waals surface area contributed by atoms with Crippen LogP contribution in [0, 0.1) is 0 Å². The van der Waals surface area contributed by atoms with Crippen molar-refractivity contribution in [3.8, 4) is 11.1 Å². The molecule has 4 nitrogen and oxygen atoms in total. The van der Waals surface area contributed by atoms with Crippen molar-refractivity contribution in [3.05, 3.63) is 59.7 Å². The lowest BCUT2D eigenvalue weighted by Gasteiger charge is -2.13. The zero-order valence-corrected chi connectivity index (χ0v) is 13.7. The predicted molar refractivity (Wildman–Crippen MR) is 91.0 cm³/mol. The molecule has 23 heavy (non-hydrogen) atoms. The van der Waals surface area contributed by atoms with Crippen molar-refractivity contribution >= 4 is 6.09 Å². The summed E-state index contributed by atoms with van der Waals surface area (Å²) in [5.74, 6) is 0. The number of benzene rings is 2. The van der Waals surface area contributed by atoms with Gasteiger partial charge in [0.15, 0.2) is 0 Å². The standard InChI is InChI=1S/C19H22N2O2/c1-20(2)13-15-3-7-17(8-4-15)18-9-5-16(6-10-18)14-21-11-12-23-19(21)22/h3-10H,11-14H2,1-2H3. The summed E-state index contributed by atoms with van der Waals surface area (Å²) in [6.45, 7) is 2.73. The fraction of sp³-hybridized carbons (Fsp3) is 0.316. The molecule has 120 valence electrons. The molecule has 1 fully saturated rings. The molecule has 3 rings (SSSR count). The lowest BCUT2D eigenvalue weighted by Crippen LogP contribution is -2.23. The second kappa shape index (κ2) is 6.84. The molecule has 1 heterocycles. The first-order chi connectivity index (χ1) is 11.1. The molecule has 0 spiro atoms. The molecule has 0 aromatic heterocycles. The van der Waals surface area contributed by atoms with E-state index in [9.17, 15) is 4.79 Å². The monoisotopic (exact) mass is 310 g/mol. The summed E-state index contributed by atoms with van der Waals surface area (Å²) in [4.78, 5) is 15.4. The van der Waals surface area contributed by atoms with Crippen molar-refractivity contribution in [3.63, 3.8) is 0 Å². The molecular weight excluding hydrogens is 288 g/mol. The number of nitrogens with zero attached hydrogens (tertiary/aromatic N) is 2. The maximum absolute atomic E-state index is 11.5. The van der Waals surface area contributed by atoms with Crippen molar-refractivity contribution in [1.82, 2.24) is 9.80 Å². The van der Waals surface area contributed by atoms with E-state index in [1.54, 1.807) is 4.90 Å². The van der Waals surface area contributed by atoms with E-state index in [2.05, 4.69) is 67.5 Å². The van der Waals surface area contributed by atoms with Crippen LogP contribution in [0.1, 0.15) is 11.1 Å². The summed E-state index contributed by atoms with van der Waals surface area (Å²) < 4.78 is 4.95. The zero-order valence-electron chi connectivity index (χ0n) is 13.7. The van der Waals surface area contributed by atoms with Crippen LogP contribution in [0.25, 0.3) is 11.1 Å². The fourth-order valence-electron chi connectivity index (χ4n) is 2.76. The summed E-state index contributed by atoms with van der Waals surface area (Å²) in [7, 11) is 4.14. The molecule has 0 saturated carbocycles. The Kier molecular flexibility index (Phi) is 4.63. The topological polar surface area (TPSA) is 32.8 Å². The molecule has 4 heteroatoms. The molecule has 0 bridgehead atoms. The third-order valence-corrected chi connectivity index (χ3v) is 3.96. The Morgan fingerprint density at radius 1 is 0.957 bits per heavy atom. The van der Waals surface area contributed by atoms with Crippen LogP contribution in [0.4, 0.5) is 4.79 Å². The number of hydrogen-bond donors (Lipinski definition) is 0. The number of hydrogen-bond acceptors (Lipinski definition) is 3. The number of ether oxygens (including phenoxy) is 1. The van der Waals surface area contributed by atoms with Gasteiger partial charge in [-0.1, -0.05) is 48.5 Å². The van der Waals surface area contributed by atoms with E-state index >= 15 is 0 Å². The highest BCUT2D eigenvalue weighted by Gasteiger charge is 2.21. The van der Waals surface area contributed by atoms with Crippen LogP contribution in [0.15, 0.2) is 48.5 Å². The van der Waals surface area contributed by atoms with Gasteiger partial charge in [0, 0.05) is 13.1 Å². The Labute approximate surface area is 137 Å². The minimum Gasteiger partial charge on any atom is -0.448 e. The van der Waals surface area contributed by atoms with Crippen LogP contribution < -0.4 is 0 Å². The van der Waals surface area contributed by atoms with Crippen molar-refractivity contribution in [2.24, 2.45) is 0 Å². The third kappa shape index (κ3) is 3.90. The van der Waals surface area contributed by atoms with Gasteiger partial charge in [0.25, 0.3) is 0 Å². The Bertz CT molecular complexity index is 663. The highest BCUT2D eigenvalue weighted by Crippen LogP contribution is 2.21. The second-order valence-corrected chi connectivity index (χ2v) is 6.17. The van der Waals surface area contributed by atoms with E-state index in [0.717, 1.165) is 12.1 Å². The van der Waals surface area contributed by atoms with Crippen LogP contribution in [0.5, 0.6) is 0 Å². The number of carbonyl (C=O) groups is 1. The zero-order chi connectivity index (χ0) is 16.2. The van der Waals surface area contributed by atoms with E-state index in [1.807, 2.05) is 0 Å². The van der Waals surface area contributed by atoms with Crippen LogP contribution in [-0.2, 0) is 17.8 Å². The molecule has 0 radical (unpaired) electrons. The molecule has 0 aliphatic carbocycles. The minimum atomic E-state index is -0.217. The van der Waals surface area contributed by atoms with E-state index in [-0.39, 0.29) is 6.09 Å². The molecule has 0 unspecified atom stereocenters. The quantitative estimate of drug-likeness (QED) is 0.849. The average Bonchev–Trinajstić information content (AvgIpc) is 2.94. The highest BCUT2D eigenvalue weighted by atomic mass is 16.6. The van der Waals surface area contributed by atoms with Gasteiger partial charge in [-0.25, -0.2) is 4.79 Å². The van der Waals surface area contributed by atoms with Gasteiger partial charge in [0.1, 0.15) is 6.61 Å². The Morgan fingerprint density at radius 3 is 2.00 bits per heavy atom. The molecule has 0 N–H and O–H groups in total. The smallest absolute Gasteiger partial charge is 0.410 e. The largest absolute Gasteiger partial charge is 0.448 e. The van der Waals surface area contributed by atoms with Crippen molar-refractivity contribution in [2.45, 2.75) is 13.1 Å². The predicted octanol–water partition coefficient (Wildman–Crippen LogP) is 3.37. The molecule has 1 amide bonds. The normalized spacial score (nSPS) is 14.4. The van der Waals surface area contributed by atoms with Gasteiger partial charge in [-0.15, -0.1) is 0 Å². The Morgan fingerprint density at radius 2 is 1.52 bits per heavy atom. The van der Waals surface area contributed by atoms with Gasteiger partial charge in [-0.3, -0.25) is 0 Å². The van der Waals surface area contributed by atoms with Crippen molar-refractivity contribution in [2.75, 3.05) is 27.2 Å². The van der Waals surface area contributed by atoms with Crippen molar-refractivity contribution < 1.29 is 9.53 Å². The first kappa shape index (κ1) is 15.6. The molecule has 1 aliphatic heterocycles. The SMILES string of the molecule is CN(C)Cc1ccc(-c2ccc(CN3CCOC3=O)cc2)cc1. The van der Waals surface area contributed by atoms with Gasteiger partial charge in [-0.2, -0.15) is 0 Å². The lowest BCUT2D eigenvalue weighted by molar-refractivity contribution is 0.157. The molecule has 2 aromatic carbocycles. The number of carbonyl (C=O) groups excluding carboxylic acids is 1. The number of rotatable bonds is 5.